The van der Waals surface area contributed by atoms with Gasteiger partial charge in [-0.05, 0) is 50.6 Å². The van der Waals surface area contributed by atoms with Crippen molar-refractivity contribution in [3.8, 4) is 5.75 Å². The highest BCUT2D eigenvalue weighted by molar-refractivity contribution is 5.36. The lowest BCUT2D eigenvalue weighted by molar-refractivity contribution is 0.181. The second-order valence-corrected chi connectivity index (χ2v) is 5.70. The molecule has 2 aliphatic rings. The Balaban J connectivity index is 2.03. The Hall–Kier alpha value is -1.02. The summed E-state index contributed by atoms with van der Waals surface area (Å²) < 4.78 is 0. The predicted molar refractivity (Wildman–Crippen MR) is 69.3 cm³/mol. The Labute approximate surface area is 103 Å². The largest absolute Gasteiger partial charge is 0.508 e. The lowest BCUT2D eigenvalue weighted by Gasteiger charge is -2.41. The van der Waals surface area contributed by atoms with Gasteiger partial charge in [0.25, 0.3) is 0 Å². The molecular weight excluding hydrogens is 210 g/mol. The number of hydrogen-bond donors (Lipinski definition) is 1. The summed E-state index contributed by atoms with van der Waals surface area (Å²) in [4.78, 5) is 2.52. The molecule has 2 heteroatoms. The van der Waals surface area contributed by atoms with Gasteiger partial charge < -0.3 is 10.0 Å². The van der Waals surface area contributed by atoms with E-state index >= 15 is 0 Å². The number of likely N-dealkylation sites (N-methyl/N-ethyl adjacent to an activating group) is 1. The van der Waals surface area contributed by atoms with E-state index in [1.54, 1.807) is 6.07 Å². The fraction of sp³-hybridized carbons (Fsp3) is 0.600. The quantitative estimate of drug-likeness (QED) is 0.803. The first-order chi connectivity index (χ1) is 8.22. The van der Waals surface area contributed by atoms with E-state index in [4.69, 9.17) is 0 Å². The summed E-state index contributed by atoms with van der Waals surface area (Å²) in [6.45, 7) is 1.19. The van der Waals surface area contributed by atoms with Crippen molar-refractivity contribution < 1.29 is 5.11 Å². The molecular formula is C15H21NO. The highest BCUT2D eigenvalue weighted by Crippen LogP contribution is 2.48. The lowest BCUT2D eigenvalue weighted by Crippen LogP contribution is -2.43. The molecule has 2 unspecified atom stereocenters. The van der Waals surface area contributed by atoms with Crippen molar-refractivity contribution in [3.63, 3.8) is 0 Å². The number of aromatic hydroxyl groups is 1. The maximum atomic E-state index is 9.71. The molecule has 0 bridgehead atoms. The lowest BCUT2D eigenvalue weighted by atomic mass is 9.66. The van der Waals surface area contributed by atoms with Crippen LogP contribution >= 0.6 is 0 Å². The Morgan fingerprint density at radius 3 is 3.00 bits per heavy atom. The zero-order valence-electron chi connectivity index (χ0n) is 10.5. The van der Waals surface area contributed by atoms with E-state index in [-0.39, 0.29) is 0 Å². The van der Waals surface area contributed by atoms with Crippen molar-refractivity contribution in [3.05, 3.63) is 29.8 Å². The number of phenolic OH excluding ortho intramolecular Hbond substituents is 1. The van der Waals surface area contributed by atoms with Crippen LogP contribution in [0.1, 0.15) is 37.7 Å². The number of rotatable bonds is 1. The predicted octanol–water partition coefficient (Wildman–Crippen LogP) is 2.91. The van der Waals surface area contributed by atoms with E-state index in [1.165, 1.54) is 44.2 Å². The topological polar surface area (TPSA) is 23.5 Å². The minimum Gasteiger partial charge on any atom is -0.508 e. The van der Waals surface area contributed by atoms with Crippen molar-refractivity contribution in [2.24, 2.45) is 0 Å². The Kier molecular flexibility index (Phi) is 2.62. The van der Waals surface area contributed by atoms with Crippen LogP contribution in [0.4, 0.5) is 0 Å². The molecule has 1 aromatic rings. The first-order valence-corrected chi connectivity index (χ1v) is 6.72. The summed E-state index contributed by atoms with van der Waals surface area (Å²) in [6, 6.07) is 8.63. The van der Waals surface area contributed by atoms with Gasteiger partial charge in [-0.25, -0.2) is 0 Å². The number of benzene rings is 1. The molecule has 1 N–H and O–H groups in total. The SMILES string of the molecule is CN1CCC2(c3cccc(O)c3)CCCCC12. The molecule has 0 spiro atoms. The molecule has 92 valence electrons. The number of nitrogens with zero attached hydrogens (tertiary/aromatic N) is 1. The van der Waals surface area contributed by atoms with E-state index in [1.807, 2.05) is 12.1 Å². The third-order valence-electron chi connectivity index (χ3n) is 4.85. The molecule has 17 heavy (non-hydrogen) atoms. The van der Waals surface area contributed by atoms with Crippen molar-refractivity contribution in [2.45, 2.75) is 43.6 Å². The van der Waals surface area contributed by atoms with Gasteiger partial charge in [0.2, 0.25) is 0 Å². The summed E-state index contributed by atoms with van der Waals surface area (Å²) in [5.41, 5.74) is 1.66. The van der Waals surface area contributed by atoms with E-state index < -0.39 is 0 Å². The molecule has 2 fully saturated rings. The number of phenols is 1. The van der Waals surface area contributed by atoms with Crippen LogP contribution in [0, 0.1) is 0 Å². The molecule has 3 rings (SSSR count). The summed E-state index contributed by atoms with van der Waals surface area (Å²) >= 11 is 0. The smallest absolute Gasteiger partial charge is 0.115 e. The fourth-order valence-corrected chi connectivity index (χ4v) is 3.98. The molecule has 0 radical (unpaired) electrons. The molecule has 1 aromatic carbocycles. The van der Waals surface area contributed by atoms with Crippen LogP contribution in [-0.2, 0) is 5.41 Å². The first-order valence-electron chi connectivity index (χ1n) is 6.72. The monoisotopic (exact) mass is 231 g/mol. The minimum absolute atomic E-state index is 0.311. The molecule has 0 aromatic heterocycles. The number of hydrogen-bond acceptors (Lipinski definition) is 2. The number of fused-ring (bicyclic) bond motifs is 1. The number of likely N-dealkylation sites (tertiary alicyclic amines) is 1. The maximum absolute atomic E-state index is 9.71. The average Bonchev–Trinajstić information content (AvgIpc) is 2.69. The summed E-state index contributed by atoms with van der Waals surface area (Å²) in [7, 11) is 2.25. The van der Waals surface area contributed by atoms with Crippen LogP contribution in [0.3, 0.4) is 0 Å². The average molecular weight is 231 g/mol. The van der Waals surface area contributed by atoms with Crippen LogP contribution in [0.15, 0.2) is 24.3 Å². The van der Waals surface area contributed by atoms with Gasteiger partial charge in [0.1, 0.15) is 5.75 Å². The normalized spacial score (nSPS) is 33.6. The molecule has 1 saturated heterocycles. The van der Waals surface area contributed by atoms with Crippen LogP contribution < -0.4 is 0 Å². The van der Waals surface area contributed by atoms with Crippen LogP contribution in [0.2, 0.25) is 0 Å². The molecule has 1 aliphatic carbocycles. The van der Waals surface area contributed by atoms with Crippen molar-refractivity contribution in [1.29, 1.82) is 0 Å². The van der Waals surface area contributed by atoms with Gasteiger partial charge in [-0.3, -0.25) is 0 Å². The minimum atomic E-state index is 0.311. The highest BCUT2D eigenvalue weighted by Gasteiger charge is 2.48. The van der Waals surface area contributed by atoms with Gasteiger partial charge in [0.05, 0.1) is 0 Å². The Morgan fingerprint density at radius 1 is 1.29 bits per heavy atom. The first kappa shape index (κ1) is 11.1. The van der Waals surface area contributed by atoms with Gasteiger partial charge in [-0.1, -0.05) is 25.0 Å². The fourth-order valence-electron chi connectivity index (χ4n) is 3.98. The second kappa shape index (κ2) is 4.02. The zero-order chi connectivity index (χ0) is 11.9. The van der Waals surface area contributed by atoms with Crippen molar-refractivity contribution >= 4 is 0 Å². The third-order valence-corrected chi connectivity index (χ3v) is 4.85. The van der Waals surface area contributed by atoms with E-state index in [0.29, 0.717) is 17.2 Å². The summed E-state index contributed by atoms with van der Waals surface area (Å²) in [5.74, 6) is 0.413. The van der Waals surface area contributed by atoms with Crippen LogP contribution in [0.25, 0.3) is 0 Å². The Bertz CT molecular complexity index is 413. The molecule has 1 aliphatic heterocycles. The molecule has 1 heterocycles. The van der Waals surface area contributed by atoms with Crippen LogP contribution in [0.5, 0.6) is 5.75 Å². The van der Waals surface area contributed by atoms with Gasteiger partial charge >= 0.3 is 0 Å². The Morgan fingerprint density at radius 2 is 2.18 bits per heavy atom. The molecule has 0 amide bonds. The molecule has 2 nitrogen and oxygen atoms in total. The summed E-state index contributed by atoms with van der Waals surface area (Å²) in [5, 5.41) is 9.71. The van der Waals surface area contributed by atoms with Crippen molar-refractivity contribution in [1.82, 2.24) is 4.90 Å². The molecule has 1 saturated carbocycles. The maximum Gasteiger partial charge on any atom is 0.115 e. The van der Waals surface area contributed by atoms with Gasteiger partial charge in [-0.2, -0.15) is 0 Å². The third kappa shape index (κ3) is 1.66. The van der Waals surface area contributed by atoms with E-state index in [2.05, 4.69) is 18.0 Å². The molecule has 2 atom stereocenters. The van der Waals surface area contributed by atoms with Gasteiger partial charge in [0.15, 0.2) is 0 Å². The second-order valence-electron chi connectivity index (χ2n) is 5.70. The van der Waals surface area contributed by atoms with Gasteiger partial charge in [-0.15, -0.1) is 0 Å². The van der Waals surface area contributed by atoms with E-state index in [0.717, 1.165) is 0 Å². The van der Waals surface area contributed by atoms with Gasteiger partial charge in [0, 0.05) is 11.5 Å². The zero-order valence-corrected chi connectivity index (χ0v) is 10.5. The summed E-state index contributed by atoms with van der Waals surface area (Å²) in [6.07, 6.45) is 6.53. The van der Waals surface area contributed by atoms with Crippen LogP contribution in [-0.4, -0.2) is 29.6 Å². The van der Waals surface area contributed by atoms with E-state index in [9.17, 15) is 5.11 Å². The highest BCUT2D eigenvalue weighted by atomic mass is 16.3. The standard InChI is InChI=1S/C15H21NO/c1-16-10-9-15(8-3-2-7-14(15)16)12-5-4-6-13(17)11-12/h4-6,11,14,17H,2-3,7-10H2,1H3. The van der Waals surface area contributed by atoms with Crippen molar-refractivity contribution in [2.75, 3.05) is 13.6 Å².